The minimum Gasteiger partial charge on any atom is -0.393 e. The van der Waals surface area contributed by atoms with Gasteiger partial charge in [0.1, 0.15) is 11.4 Å². The predicted octanol–water partition coefficient (Wildman–Crippen LogP) is 2.53. The molecule has 0 unspecified atom stereocenters. The zero-order valence-electron chi connectivity index (χ0n) is 12.4. The van der Waals surface area contributed by atoms with Crippen molar-refractivity contribution in [3.05, 3.63) is 47.5 Å². The Hall–Kier alpha value is -2.84. The van der Waals surface area contributed by atoms with E-state index in [0.29, 0.717) is 17.5 Å². The Morgan fingerprint density at radius 3 is 2.52 bits per heavy atom. The fourth-order valence-electron chi connectivity index (χ4n) is 1.88. The Morgan fingerprint density at radius 2 is 1.96 bits per heavy atom. The second-order valence-corrected chi connectivity index (χ2v) is 4.56. The number of hydrogen-bond acceptors (Lipinski definition) is 6. The average molecular weight is 324 g/mol. The van der Waals surface area contributed by atoms with Crippen molar-refractivity contribution in [2.45, 2.75) is 6.18 Å². The Labute approximate surface area is 130 Å². The molecule has 1 aliphatic carbocycles. The van der Waals surface area contributed by atoms with Crippen LogP contribution < -0.4 is 16.0 Å². The van der Waals surface area contributed by atoms with Gasteiger partial charge in [0.25, 0.3) is 0 Å². The predicted molar refractivity (Wildman–Crippen MR) is 82.3 cm³/mol. The standard InChI is InChI=1S/C14H15F3N6/c1-19-6-8-3-4-9(5-11(8)18)22-13-21-7-10(14(15,16)17)12(20-2)23-13/h3-7,18-19H,1-2H3,(H2,20,21,22,23)/b8-6-,18-11?. The Morgan fingerprint density at radius 1 is 1.22 bits per heavy atom. The van der Waals surface area contributed by atoms with Gasteiger partial charge < -0.3 is 21.4 Å². The summed E-state index contributed by atoms with van der Waals surface area (Å²) in [5.41, 5.74) is 0.503. The first-order valence-corrected chi connectivity index (χ1v) is 6.60. The van der Waals surface area contributed by atoms with E-state index in [9.17, 15) is 13.2 Å². The monoisotopic (exact) mass is 324 g/mol. The number of halogens is 3. The fraction of sp³-hybridized carbons (Fsp3) is 0.214. The van der Waals surface area contributed by atoms with Crippen molar-refractivity contribution in [2.24, 2.45) is 0 Å². The maximum absolute atomic E-state index is 12.8. The highest BCUT2D eigenvalue weighted by atomic mass is 19.4. The molecule has 23 heavy (non-hydrogen) atoms. The first kappa shape index (κ1) is 16.5. The van der Waals surface area contributed by atoms with Crippen LogP contribution in [0.5, 0.6) is 0 Å². The van der Waals surface area contributed by atoms with Crippen LogP contribution in [0.25, 0.3) is 0 Å². The number of nitrogens with zero attached hydrogens (tertiary/aromatic N) is 2. The van der Waals surface area contributed by atoms with E-state index in [1.807, 2.05) is 0 Å². The third-order valence-corrected chi connectivity index (χ3v) is 2.94. The molecule has 6 nitrogen and oxygen atoms in total. The Kier molecular flexibility index (Phi) is 4.68. The molecule has 2 rings (SSSR count). The number of hydrogen-bond donors (Lipinski definition) is 4. The van der Waals surface area contributed by atoms with Crippen LogP contribution in [0.3, 0.4) is 0 Å². The number of allylic oxidation sites excluding steroid dienone is 4. The maximum Gasteiger partial charge on any atom is 0.421 e. The highest BCUT2D eigenvalue weighted by Gasteiger charge is 2.35. The lowest BCUT2D eigenvalue weighted by Gasteiger charge is -2.14. The molecule has 1 heterocycles. The molecule has 1 aromatic rings. The molecule has 0 aliphatic heterocycles. The number of aromatic nitrogens is 2. The molecular weight excluding hydrogens is 309 g/mol. The van der Waals surface area contributed by atoms with E-state index in [0.717, 1.165) is 0 Å². The summed E-state index contributed by atoms with van der Waals surface area (Å²) in [6, 6.07) is 0. The molecule has 0 atom stereocenters. The molecule has 122 valence electrons. The second-order valence-electron chi connectivity index (χ2n) is 4.56. The molecule has 4 N–H and O–H groups in total. The molecule has 0 fully saturated rings. The number of rotatable bonds is 4. The van der Waals surface area contributed by atoms with Gasteiger partial charge in [-0.25, -0.2) is 4.98 Å². The summed E-state index contributed by atoms with van der Waals surface area (Å²) in [6.45, 7) is 0. The normalized spacial score (nSPS) is 16.3. The van der Waals surface area contributed by atoms with Crippen LogP contribution in [0.2, 0.25) is 0 Å². The van der Waals surface area contributed by atoms with Crippen molar-refractivity contribution in [1.29, 1.82) is 5.41 Å². The molecule has 0 amide bonds. The first-order chi connectivity index (χ1) is 10.8. The van der Waals surface area contributed by atoms with Crippen LogP contribution in [0, 0.1) is 5.41 Å². The van der Waals surface area contributed by atoms with Crippen molar-refractivity contribution in [2.75, 3.05) is 24.7 Å². The summed E-state index contributed by atoms with van der Waals surface area (Å²) in [5, 5.41) is 15.9. The number of nitrogens with one attached hydrogen (secondary N) is 4. The minimum absolute atomic E-state index is 0.00657. The summed E-state index contributed by atoms with van der Waals surface area (Å²) < 4.78 is 38.4. The van der Waals surface area contributed by atoms with Gasteiger partial charge in [-0.1, -0.05) is 0 Å². The summed E-state index contributed by atoms with van der Waals surface area (Å²) in [4.78, 5) is 7.48. The third kappa shape index (κ3) is 3.87. The third-order valence-electron chi connectivity index (χ3n) is 2.94. The van der Waals surface area contributed by atoms with Gasteiger partial charge in [0, 0.05) is 37.8 Å². The molecule has 0 spiro atoms. The first-order valence-electron chi connectivity index (χ1n) is 6.60. The van der Waals surface area contributed by atoms with Gasteiger partial charge in [-0.2, -0.15) is 18.2 Å². The smallest absolute Gasteiger partial charge is 0.393 e. The molecular formula is C14H15F3N6. The highest BCUT2D eigenvalue weighted by molar-refractivity contribution is 6.10. The summed E-state index contributed by atoms with van der Waals surface area (Å²) in [6.07, 6.45) is 2.76. The summed E-state index contributed by atoms with van der Waals surface area (Å²) >= 11 is 0. The topological polar surface area (TPSA) is 85.7 Å². The highest BCUT2D eigenvalue weighted by Crippen LogP contribution is 2.33. The zero-order valence-corrected chi connectivity index (χ0v) is 12.4. The van der Waals surface area contributed by atoms with Crippen LogP contribution in [0.4, 0.5) is 24.9 Å². The number of anilines is 2. The quantitative estimate of drug-likeness (QED) is 0.684. The largest absolute Gasteiger partial charge is 0.421 e. The van der Waals surface area contributed by atoms with E-state index in [2.05, 4.69) is 25.9 Å². The van der Waals surface area contributed by atoms with E-state index in [4.69, 9.17) is 5.41 Å². The van der Waals surface area contributed by atoms with E-state index in [-0.39, 0.29) is 17.5 Å². The maximum atomic E-state index is 12.8. The zero-order chi connectivity index (χ0) is 17.0. The molecule has 0 saturated heterocycles. The van der Waals surface area contributed by atoms with Gasteiger partial charge in [-0.15, -0.1) is 0 Å². The average Bonchev–Trinajstić information content (AvgIpc) is 2.49. The lowest BCUT2D eigenvalue weighted by atomic mass is 10.1. The summed E-state index contributed by atoms with van der Waals surface area (Å²) in [5.74, 6) is -0.312. The Balaban J connectivity index is 2.22. The van der Waals surface area contributed by atoms with Crippen molar-refractivity contribution >= 4 is 17.5 Å². The van der Waals surface area contributed by atoms with E-state index in [1.165, 1.54) is 13.1 Å². The van der Waals surface area contributed by atoms with Gasteiger partial charge in [-0.05, 0) is 18.2 Å². The van der Waals surface area contributed by atoms with Gasteiger partial charge in [0.05, 0.1) is 5.71 Å². The van der Waals surface area contributed by atoms with Crippen LogP contribution in [0.1, 0.15) is 5.56 Å². The van der Waals surface area contributed by atoms with Crippen LogP contribution in [0.15, 0.2) is 41.9 Å². The Bertz CT molecular complexity index is 703. The molecule has 1 aromatic heterocycles. The molecule has 9 heteroatoms. The van der Waals surface area contributed by atoms with E-state index in [1.54, 1.807) is 25.4 Å². The lowest BCUT2D eigenvalue weighted by Crippen LogP contribution is -2.14. The van der Waals surface area contributed by atoms with Crippen LogP contribution in [-0.4, -0.2) is 29.8 Å². The SMILES string of the molecule is CN/C=C1/C=CC(Nc2ncc(C(F)(F)F)c(NC)n2)=CC1=N. The van der Waals surface area contributed by atoms with Gasteiger partial charge in [0.15, 0.2) is 0 Å². The van der Waals surface area contributed by atoms with Crippen LogP contribution in [-0.2, 0) is 6.18 Å². The molecule has 0 aromatic carbocycles. The molecule has 1 aliphatic rings. The van der Waals surface area contributed by atoms with Gasteiger partial charge in [0.2, 0.25) is 5.95 Å². The molecule has 0 bridgehead atoms. The van der Waals surface area contributed by atoms with Crippen molar-refractivity contribution in [1.82, 2.24) is 15.3 Å². The van der Waals surface area contributed by atoms with Crippen molar-refractivity contribution < 1.29 is 13.2 Å². The van der Waals surface area contributed by atoms with Crippen molar-refractivity contribution in [3.63, 3.8) is 0 Å². The van der Waals surface area contributed by atoms with Crippen LogP contribution >= 0.6 is 0 Å². The lowest BCUT2D eigenvalue weighted by molar-refractivity contribution is -0.137. The summed E-state index contributed by atoms with van der Waals surface area (Å²) in [7, 11) is 3.08. The minimum atomic E-state index is -4.53. The number of alkyl halides is 3. The van der Waals surface area contributed by atoms with Gasteiger partial charge in [-0.3, -0.25) is 0 Å². The van der Waals surface area contributed by atoms with Crippen molar-refractivity contribution in [3.8, 4) is 0 Å². The van der Waals surface area contributed by atoms with Gasteiger partial charge >= 0.3 is 6.18 Å². The van der Waals surface area contributed by atoms with E-state index >= 15 is 0 Å². The molecule has 0 radical (unpaired) electrons. The van der Waals surface area contributed by atoms with E-state index < -0.39 is 11.7 Å². The molecule has 0 saturated carbocycles. The second kappa shape index (κ2) is 6.51. The fourth-order valence-corrected chi connectivity index (χ4v) is 1.88.